The number of carboxylic acid groups (broad SMARTS) is 1. The fourth-order valence-corrected chi connectivity index (χ4v) is 5.70. The van der Waals surface area contributed by atoms with Crippen LogP contribution in [-0.2, 0) is 24.1 Å². The normalized spacial score (nSPS) is 17.8. The zero-order valence-electron chi connectivity index (χ0n) is 24.8. The van der Waals surface area contributed by atoms with E-state index in [9.17, 15) is 27.5 Å². The van der Waals surface area contributed by atoms with Gasteiger partial charge in [0.15, 0.2) is 0 Å². The van der Waals surface area contributed by atoms with Crippen molar-refractivity contribution >= 4 is 22.8 Å². The molecular formula is C32H30F4N6O4. The predicted molar refractivity (Wildman–Crippen MR) is 158 cm³/mol. The summed E-state index contributed by atoms with van der Waals surface area (Å²) in [4.78, 5) is 24.7. The van der Waals surface area contributed by atoms with Gasteiger partial charge in [0.2, 0.25) is 5.88 Å². The van der Waals surface area contributed by atoms with Crippen molar-refractivity contribution in [2.24, 2.45) is 0 Å². The minimum absolute atomic E-state index is 0.00508. The number of ether oxygens (including phenoxy) is 2. The monoisotopic (exact) mass is 638 g/mol. The number of anilines is 1. The van der Waals surface area contributed by atoms with Gasteiger partial charge in [0.1, 0.15) is 24.1 Å². The molecule has 46 heavy (non-hydrogen) atoms. The molecule has 10 nitrogen and oxygen atoms in total. The number of nitriles is 1. The molecular weight excluding hydrogens is 608 g/mol. The van der Waals surface area contributed by atoms with Gasteiger partial charge in [-0.1, -0.05) is 6.07 Å². The standard InChI is InChI=1S/C32H30F4N6O4/c1-19(30-38-26-5-4-21(31(43)44)13-27(26)42(30)17-24-6-11-45-24)40-7-9-41(10-8-40)28-14-23(32(34,35)36)15-29(39-28)46-18-22-3-2-20(16-37)12-25(22)33/h2-5,12-15,19,24H,6-11,17-18H2,1H3,(H,43,44)/t19-,24?/m0/s1. The first-order chi connectivity index (χ1) is 22.0. The van der Waals surface area contributed by atoms with Crippen LogP contribution in [0.4, 0.5) is 23.4 Å². The third-order valence-corrected chi connectivity index (χ3v) is 8.44. The van der Waals surface area contributed by atoms with Crippen LogP contribution < -0.4 is 9.64 Å². The summed E-state index contributed by atoms with van der Waals surface area (Å²) in [7, 11) is 0. The van der Waals surface area contributed by atoms with Crippen LogP contribution >= 0.6 is 0 Å². The van der Waals surface area contributed by atoms with Gasteiger partial charge in [-0.15, -0.1) is 0 Å². The van der Waals surface area contributed by atoms with E-state index in [2.05, 4.69) is 9.88 Å². The second kappa shape index (κ2) is 12.6. The van der Waals surface area contributed by atoms with E-state index in [4.69, 9.17) is 19.7 Å². The molecule has 240 valence electrons. The van der Waals surface area contributed by atoms with Crippen molar-refractivity contribution in [3.05, 3.63) is 82.4 Å². The summed E-state index contributed by atoms with van der Waals surface area (Å²) >= 11 is 0. The van der Waals surface area contributed by atoms with Gasteiger partial charge >= 0.3 is 12.1 Å². The fraction of sp³-hybridized carbons (Fsp3) is 0.375. The summed E-state index contributed by atoms with van der Waals surface area (Å²) < 4.78 is 69.1. The zero-order valence-corrected chi connectivity index (χ0v) is 24.8. The molecule has 1 N–H and O–H groups in total. The highest BCUT2D eigenvalue weighted by Crippen LogP contribution is 2.35. The van der Waals surface area contributed by atoms with Crippen LogP contribution in [0, 0.1) is 17.1 Å². The predicted octanol–water partition coefficient (Wildman–Crippen LogP) is 5.41. The van der Waals surface area contributed by atoms with E-state index >= 15 is 0 Å². The molecule has 1 unspecified atom stereocenters. The number of aromatic carboxylic acids is 1. The Balaban J connectivity index is 1.20. The van der Waals surface area contributed by atoms with Gasteiger partial charge in [-0.3, -0.25) is 4.90 Å². The SMILES string of the molecule is C[C@@H](c1nc2ccc(C(=O)O)cc2n1CC1CCO1)N1CCN(c2cc(C(F)(F)F)cc(OCc3ccc(C#N)cc3F)n2)CC1. The van der Waals surface area contributed by atoms with E-state index in [1.54, 1.807) is 17.0 Å². The van der Waals surface area contributed by atoms with Crippen LogP contribution in [0.3, 0.4) is 0 Å². The Labute approximate surface area is 261 Å². The van der Waals surface area contributed by atoms with E-state index in [0.717, 1.165) is 30.4 Å². The molecule has 14 heteroatoms. The van der Waals surface area contributed by atoms with Crippen LogP contribution in [0.25, 0.3) is 11.0 Å². The third-order valence-electron chi connectivity index (χ3n) is 8.44. The lowest BCUT2D eigenvalue weighted by Gasteiger charge is -2.39. The third kappa shape index (κ3) is 6.47. The number of hydrogen-bond acceptors (Lipinski definition) is 8. The van der Waals surface area contributed by atoms with E-state index in [1.165, 1.54) is 18.2 Å². The fourth-order valence-electron chi connectivity index (χ4n) is 5.70. The van der Waals surface area contributed by atoms with Gasteiger partial charge in [-0.05, 0) is 49.7 Å². The number of halogens is 4. The van der Waals surface area contributed by atoms with Crippen molar-refractivity contribution in [2.45, 2.75) is 44.8 Å². The van der Waals surface area contributed by atoms with Crippen molar-refractivity contribution in [1.29, 1.82) is 5.26 Å². The van der Waals surface area contributed by atoms with Crippen molar-refractivity contribution in [3.63, 3.8) is 0 Å². The molecule has 0 spiro atoms. The van der Waals surface area contributed by atoms with Crippen LogP contribution in [0.5, 0.6) is 5.88 Å². The maximum atomic E-state index is 14.3. The van der Waals surface area contributed by atoms with Crippen molar-refractivity contribution in [2.75, 3.05) is 37.7 Å². The first-order valence-corrected chi connectivity index (χ1v) is 14.7. The minimum Gasteiger partial charge on any atom is -0.478 e. The molecule has 4 aromatic rings. The molecule has 2 atom stereocenters. The maximum absolute atomic E-state index is 14.3. The number of alkyl halides is 3. The van der Waals surface area contributed by atoms with Crippen LogP contribution in [0.1, 0.15) is 52.3 Å². The molecule has 2 fully saturated rings. The Morgan fingerprint density at radius 2 is 1.89 bits per heavy atom. The number of carbonyl (C=O) groups is 1. The molecule has 0 radical (unpaired) electrons. The van der Waals surface area contributed by atoms with Crippen LogP contribution in [-0.4, -0.2) is 69.4 Å². The average Bonchev–Trinajstić information content (AvgIpc) is 3.38. The summed E-state index contributed by atoms with van der Waals surface area (Å²) in [5.74, 6) is -1.18. The van der Waals surface area contributed by atoms with Crippen LogP contribution in [0.2, 0.25) is 0 Å². The summed E-state index contributed by atoms with van der Waals surface area (Å²) in [5.41, 5.74) is 0.803. The Morgan fingerprint density at radius 3 is 2.52 bits per heavy atom. The number of benzene rings is 2. The molecule has 2 aliphatic rings. The summed E-state index contributed by atoms with van der Waals surface area (Å²) in [6.07, 6.45) is -3.76. The Bertz CT molecular complexity index is 1810. The Kier molecular flexibility index (Phi) is 8.54. The minimum atomic E-state index is -4.66. The molecule has 2 aromatic carbocycles. The number of hydrogen-bond donors (Lipinski definition) is 1. The van der Waals surface area contributed by atoms with E-state index in [0.29, 0.717) is 50.4 Å². The first kappa shape index (κ1) is 31.3. The molecule has 0 aliphatic carbocycles. The van der Waals surface area contributed by atoms with E-state index in [1.807, 2.05) is 17.6 Å². The number of aromatic nitrogens is 3. The van der Waals surface area contributed by atoms with Gasteiger partial charge in [0.25, 0.3) is 0 Å². The van der Waals surface area contributed by atoms with Crippen molar-refractivity contribution in [1.82, 2.24) is 19.4 Å². The molecule has 6 rings (SSSR count). The highest BCUT2D eigenvalue weighted by molar-refractivity contribution is 5.92. The number of rotatable bonds is 9. The van der Waals surface area contributed by atoms with Gasteiger partial charge in [-0.25, -0.2) is 14.2 Å². The topological polar surface area (TPSA) is 117 Å². The second-order valence-electron chi connectivity index (χ2n) is 11.3. The number of piperazine rings is 1. The van der Waals surface area contributed by atoms with Gasteiger partial charge in [0.05, 0.1) is 52.5 Å². The van der Waals surface area contributed by atoms with Crippen LogP contribution in [0.15, 0.2) is 48.5 Å². The van der Waals surface area contributed by atoms with E-state index in [-0.39, 0.29) is 47.1 Å². The molecule has 0 amide bonds. The molecule has 0 bridgehead atoms. The average molecular weight is 639 g/mol. The van der Waals surface area contributed by atoms with Gasteiger partial charge < -0.3 is 24.0 Å². The number of pyridine rings is 1. The maximum Gasteiger partial charge on any atom is 0.416 e. The largest absolute Gasteiger partial charge is 0.478 e. The second-order valence-corrected chi connectivity index (χ2v) is 11.3. The lowest BCUT2D eigenvalue weighted by molar-refractivity contribution is -0.137. The number of nitrogens with zero attached hydrogens (tertiary/aromatic N) is 6. The highest BCUT2D eigenvalue weighted by Gasteiger charge is 2.34. The summed E-state index contributed by atoms with van der Waals surface area (Å²) in [6.45, 7) is 4.58. The molecule has 4 heterocycles. The van der Waals surface area contributed by atoms with Gasteiger partial charge in [0, 0.05) is 44.4 Å². The number of fused-ring (bicyclic) bond motifs is 1. The smallest absolute Gasteiger partial charge is 0.416 e. The quantitative estimate of drug-likeness (QED) is 0.240. The van der Waals surface area contributed by atoms with E-state index < -0.39 is 23.5 Å². The summed E-state index contributed by atoms with van der Waals surface area (Å²) in [5, 5.41) is 18.5. The molecule has 2 saturated heterocycles. The lowest BCUT2D eigenvalue weighted by Crippen LogP contribution is -2.48. The first-order valence-electron chi connectivity index (χ1n) is 14.7. The molecule has 2 aromatic heterocycles. The number of carboxylic acids is 1. The zero-order chi connectivity index (χ0) is 32.6. The highest BCUT2D eigenvalue weighted by atomic mass is 19.4. The summed E-state index contributed by atoms with van der Waals surface area (Å²) in [6, 6.07) is 12.0. The van der Waals surface area contributed by atoms with Crippen molar-refractivity contribution in [3.8, 4) is 11.9 Å². The number of imidazole rings is 1. The molecule has 2 aliphatic heterocycles. The van der Waals surface area contributed by atoms with Crippen molar-refractivity contribution < 1.29 is 36.9 Å². The molecule has 0 saturated carbocycles. The Hall–Kier alpha value is -4.74. The van der Waals surface area contributed by atoms with Gasteiger partial charge in [-0.2, -0.15) is 23.4 Å². The Morgan fingerprint density at radius 1 is 1.13 bits per heavy atom. The lowest BCUT2D eigenvalue weighted by atomic mass is 10.1.